The van der Waals surface area contributed by atoms with E-state index in [2.05, 4.69) is 15.9 Å². The minimum Gasteiger partial charge on any atom is -0.504 e. The number of halogens is 1. The molecule has 1 aromatic carbocycles. The average molecular weight is 314 g/mol. The molecule has 3 nitrogen and oxygen atoms in total. The third-order valence-corrected chi connectivity index (χ3v) is 4.70. The fraction of sp³-hybridized carbons (Fsp3) is 0.571. The van der Waals surface area contributed by atoms with Gasteiger partial charge in [-0.25, -0.2) is 0 Å². The van der Waals surface area contributed by atoms with Crippen LogP contribution in [0.5, 0.6) is 11.5 Å². The van der Waals surface area contributed by atoms with Crippen molar-refractivity contribution in [1.29, 1.82) is 0 Å². The van der Waals surface area contributed by atoms with E-state index in [4.69, 9.17) is 10.5 Å². The predicted molar refractivity (Wildman–Crippen MR) is 76.2 cm³/mol. The van der Waals surface area contributed by atoms with Crippen molar-refractivity contribution in [1.82, 2.24) is 0 Å². The van der Waals surface area contributed by atoms with Crippen molar-refractivity contribution in [3.63, 3.8) is 0 Å². The van der Waals surface area contributed by atoms with Crippen LogP contribution in [0, 0.1) is 0 Å². The molecule has 100 valence electrons. The Morgan fingerprint density at radius 3 is 2.56 bits per heavy atom. The highest BCUT2D eigenvalue weighted by atomic mass is 79.9. The maximum absolute atomic E-state index is 10.4. The lowest BCUT2D eigenvalue weighted by Gasteiger charge is -2.38. The number of methoxy groups -OCH3 is 1. The highest BCUT2D eigenvalue weighted by Crippen LogP contribution is 2.48. The Labute approximate surface area is 116 Å². The Hall–Kier alpha value is -0.740. The number of benzene rings is 1. The van der Waals surface area contributed by atoms with E-state index in [0.29, 0.717) is 12.3 Å². The summed E-state index contributed by atoms with van der Waals surface area (Å²) in [5.74, 6) is 0.755. The quantitative estimate of drug-likeness (QED) is 0.900. The molecule has 0 aromatic heterocycles. The Kier molecular flexibility index (Phi) is 4.17. The number of nitrogens with two attached hydrogens (primary N) is 1. The van der Waals surface area contributed by atoms with Gasteiger partial charge in [0.25, 0.3) is 0 Å². The van der Waals surface area contributed by atoms with Crippen LogP contribution in [0.2, 0.25) is 0 Å². The van der Waals surface area contributed by atoms with Crippen molar-refractivity contribution in [3.05, 3.63) is 22.2 Å². The molecule has 1 aliphatic carbocycles. The van der Waals surface area contributed by atoms with E-state index in [-0.39, 0.29) is 11.2 Å². The normalized spacial score (nSPS) is 18.6. The van der Waals surface area contributed by atoms with Crippen LogP contribution < -0.4 is 10.5 Å². The molecule has 1 aliphatic rings. The molecule has 4 heteroatoms. The molecule has 1 fully saturated rings. The van der Waals surface area contributed by atoms with Crippen LogP contribution in [0.25, 0.3) is 0 Å². The summed E-state index contributed by atoms with van der Waals surface area (Å²) in [7, 11) is 1.57. The second-order valence-electron chi connectivity index (χ2n) is 5.02. The molecule has 3 N–H and O–H groups in total. The summed E-state index contributed by atoms with van der Waals surface area (Å²) in [6.07, 6.45) is 5.65. The zero-order chi connectivity index (χ0) is 13.2. The van der Waals surface area contributed by atoms with E-state index >= 15 is 0 Å². The van der Waals surface area contributed by atoms with Gasteiger partial charge in [0, 0.05) is 22.0 Å². The zero-order valence-electron chi connectivity index (χ0n) is 10.7. The first-order chi connectivity index (χ1) is 8.64. The van der Waals surface area contributed by atoms with Crippen molar-refractivity contribution in [3.8, 4) is 11.5 Å². The van der Waals surface area contributed by atoms with Gasteiger partial charge < -0.3 is 15.6 Å². The summed E-state index contributed by atoms with van der Waals surface area (Å²) in [5.41, 5.74) is 6.83. The molecule has 0 radical (unpaired) electrons. The maximum Gasteiger partial charge on any atom is 0.162 e. The van der Waals surface area contributed by atoms with Crippen LogP contribution >= 0.6 is 15.9 Å². The van der Waals surface area contributed by atoms with Crippen LogP contribution in [-0.4, -0.2) is 18.8 Å². The lowest BCUT2D eigenvalue weighted by Crippen LogP contribution is -2.37. The van der Waals surface area contributed by atoms with Crippen molar-refractivity contribution >= 4 is 15.9 Å². The van der Waals surface area contributed by atoms with Gasteiger partial charge in [-0.3, -0.25) is 0 Å². The van der Waals surface area contributed by atoms with E-state index in [9.17, 15) is 5.11 Å². The van der Waals surface area contributed by atoms with E-state index < -0.39 is 0 Å². The molecule has 0 aliphatic heterocycles. The van der Waals surface area contributed by atoms with Crippen molar-refractivity contribution in [2.24, 2.45) is 5.73 Å². The van der Waals surface area contributed by atoms with Gasteiger partial charge in [0.1, 0.15) is 0 Å². The Morgan fingerprint density at radius 2 is 2.00 bits per heavy atom. The van der Waals surface area contributed by atoms with Gasteiger partial charge in [0.15, 0.2) is 11.5 Å². The van der Waals surface area contributed by atoms with E-state index in [1.54, 1.807) is 13.2 Å². The monoisotopic (exact) mass is 313 g/mol. The number of hydrogen-bond donors (Lipinski definition) is 2. The molecule has 1 aromatic rings. The smallest absolute Gasteiger partial charge is 0.162 e. The largest absolute Gasteiger partial charge is 0.504 e. The Morgan fingerprint density at radius 1 is 1.33 bits per heavy atom. The number of phenolic OH excluding ortho intramolecular Hbond substituents is 1. The Bertz CT molecular complexity index is 428. The van der Waals surface area contributed by atoms with Gasteiger partial charge in [-0.1, -0.05) is 35.2 Å². The van der Waals surface area contributed by atoms with Gasteiger partial charge in [-0.15, -0.1) is 0 Å². The highest BCUT2D eigenvalue weighted by molar-refractivity contribution is 9.10. The molecule has 0 saturated heterocycles. The average Bonchev–Trinajstić information content (AvgIpc) is 2.40. The third-order valence-electron chi connectivity index (χ3n) is 4.04. The topological polar surface area (TPSA) is 55.5 Å². The molecular formula is C14H20BrNO2. The summed E-state index contributed by atoms with van der Waals surface area (Å²) in [5, 5.41) is 10.4. The van der Waals surface area contributed by atoms with E-state index in [1.807, 2.05) is 6.07 Å². The van der Waals surface area contributed by atoms with Crippen LogP contribution in [0.4, 0.5) is 0 Å². The van der Waals surface area contributed by atoms with Crippen LogP contribution in [0.15, 0.2) is 16.6 Å². The van der Waals surface area contributed by atoms with Gasteiger partial charge in [0.2, 0.25) is 0 Å². The van der Waals surface area contributed by atoms with Crippen molar-refractivity contribution in [2.45, 2.75) is 37.5 Å². The first kappa shape index (κ1) is 13.7. The standard InChI is InChI=1S/C14H20BrNO2/c1-18-11-6-5-10(15)12(13(11)17)14(9-16)7-3-2-4-8-14/h5-6,17H,2-4,7-9,16H2,1H3. The van der Waals surface area contributed by atoms with Gasteiger partial charge in [-0.2, -0.15) is 0 Å². The molecule has 0 spiro atoms. The molecule has 0 atom stereocenters. The second-order valence-corrected chi connectivity index (χ2v) is 5.87. The number of hydrogen-bond acceptors (Lipinski definition) is 3. The van der Waals surface area contributed by atoms with Crippen LogP contribution in [-0.2, 0) is 5.41 Å². The molecule has 1 saturated carbocycles. The van der Waals surface area contributed by atoms with Gasteiger partial charge in [-0.05, 0) is 25.0 Å². The number of ether oxygens (including phenoxy) is 1. The lowest BCUT2D eigenvalue weighted by atomic mass is 9.69. The third kappa shape index (κ3) is 2.24. The Balaban J connectivity index is 2.53. The van der Waals surface area contributed by atoms with Gasteiger partial charge >= 0.3 is 0 Å². The highest BCUT2D eigenvalue weighted by Gasteiger charge is 2.37. The summed E-state index contributed by atoms with van der Waals surface area (Å²) >= 11 is 3.55. The SMILES string of the molecule is COc1ccc(Br)c(C2(CN)CCCCC2)c1O. The number of rotatable bonds is 3. The second kappa shape index (κ2) is 5.49. The minimum atomic E-state index is -0.115. The zero-order valence-corrected chi connectivity index (χ0v) is 12.3. The first-order valence-electron chi connectivity index (χ1n) is 6.40. The molecule has 18 heavy (non-hydrogen) atoms. The maximum atomic E-state index is 10.4. The number of aromatic hydroxyl groups is 1. The van der Waals surface area contributed by atoms with Crippen molar-refractivity contribution < 1.29 is 9.84 Å². The molecule has 0 bridgehead atoms. The molecule has 0 heterocycles. The fourth-order valence-corrected chi connectivity index (χ4v) is 3.74. The lowest BCUT2D eigenvalue weighted by molar-refractivity contribution is 0.284. The summed E-state index contributed by atoms with van der Waals surface area (Å²) < 4.78 is 6.13. The van der Waals surface area contributed by atoms with E-state index in [1.165, 1.54) is 19.3 Å². The van der Waals surface area contributed by atoms with Crippen LogP contribution in [0.1, 0.15) is 37.7 Å². The molecule has 0 unspecified atom stereocenters. The van der Waals surface area contributed by atoms with Crippen LogP contribution in [0.3, 0.4) is 0 Å². The molecular weight excluding hydrogens is 294 g/mol. The summed E-state index contributed by atoms with van der Waals surface area (Å²) in [6, 6.07) is 3.70. The molecule has 0 amide bonds. The predicted octanol–water partition coefficient (Wildman–Crippen LogP) is 3.32. The summed E-state index contributed by atoms with van der Waals surface area (Å²) in [6.45, 7) is 0.562. The fourth-order valence-electron chi connectivity index (χ4n) is 3.00. The summed E-state index contributed by atoms with van der Waals surface area (Å²) in [4.78, 5) is 0. The first-order valence-corrected chi connectivity index (χ1v) is 7.20. The van der Waals surface area contributed by atoms with Crippen molar-refractivity contribution in [2.75, 3.05) is 13.7 Å². The molecule has 2 rings (SSSR count). The number of phenols is 1. The van der Waals surface area contributed by atoms with E-state index in [0.717, 1.165) is 22.9 Å². The van der Waals surface area contributed by atoms with Gasteiger partial charge in [0.05, 0.1) is 7.11 Å². The minimum absolute atomic E-state index is 0.115.